The van der Waals surface area contributed by atoms with Crippen LogP contribution in [0, 0.1) is 0 Å². The van der Waals surface area contributed by atoms with Gasteiger partial charge in [0.2, 0.25) is 0 Å². The van der Waals surface area contributed by atoms with Gasteiger partial charge in [0.25, 0.3) is 0 Å². The lowest BCUT2D eigenvalue weighted by atomic mass is 10.1. The summed E-state index contributed by atoms with van der Waals surface area (Å²) in [5.74, 6) is 0. The Balaban J connectivity index is 3.53. The normalized spacial score (nSPS) is 12.7. The van der Waals surface area contributed by atoms with E-state index in [0.717, 1.165) is 32.6 Å². The van der Waals surface area contributed by atoms with E-state index in [-0.39, 0.29) is 0 Å². The lowest BCUT2D eigenvalue weighted by molar-refractivity contribution is 0.140. The van der Waals surface area contributed by atoms with Crippen molar-refractivity contribution in [2.24, 2.45) is 0 Å². The lowest BCUT2D eigenvalue weighted by Gasteiger charge is -2.17. The smallest absolute Gasteiger partial charge is 0.0466 e. The highest BCUT2D eigenvalue weighted by atomic mass is 16.5. The van der Waals surface area contributed by atoms with Crippen LogP contribution in [0.1, 0.15) is 46.0 Å². The molecule has 2 heteroatoms. The zero-order chi connectivity index (χ0) is 11.4. The maximum absolute atomic E-state index is 5.34. The Kier molecular flexibility index (Phi) is 11.5. The maximum Gasteiger partial charge on any atom is 0.0466 e. The molecular formula is C13H27NO. The summed E-state index contributed by atoms with van der Waals surface area (Å²) >= 11 is 0. The van der Waals surface area contributed by atoms with E-state index >= 15 is 0 Å². The van der Waals surface area contributed by atoms with Crippen molar-refractivity contribution in [3.63, 3.8) is 0 Å². The Labute approximate surface area is 95.1 Å². The molecule has 0 saturated carbocycles. The maximum atomic E-state index is 5.34. The van der Waals surface area contributed by atoms with Crippen molar-refractivity contribution in [3.05, 3.63) is 12.7 Å². The second-order valence-corrected chi connectivity index (χ2v) is 3.86. The van der Waals surface area contributed by atoms with Crippen molar-refractivity contribution < 1.29 is 4.74 Å². The molecular weight excluding hydrogens is 186 g/mol. The first kappa shape index (κ1) is 14.7. The van der Waals surface area contributed by atoms with Crippen LogP contribution in [0.4, 0.5) is 0 Å². The lowest BCUT2D eigenvalue weighted by Crippen LogP contribution is -2.29. The fraction of sp³-hybridized carbons (Fsp3) is 0.846. The van der Waals surface area contributed by atoms with Crippen LogP contribution in [-0.2, 0) is 4.74 Å². The summed E-state index contributed by atoms with van der Waals surface area (Å²) in [6.45, 7) is 10.9. The minimum atomic E-state index is 0.642. The van der Waals surface area contributed by atoms with Crippen molar-refractivity contribution in [1.82, 2.24) is 5.32 Å². The fourth-order valence-electron chi connectivity index (χ4n) is 1.59. The standard InChI is InChI=1S/C13H27NO/c1-4-7-9-13(14-11-5-2)10-8-12-15-6-3/h4,13-14H,1,5-12H2,2-3H3. The Hall–Kier alpha value is -0.340. The molecule has 0 aromatic rings. The number of nitrogens with one attached hydrogen (secondary N) is 1. The third kappa shape index (κ3) is 9.95. The summed E-state index contributed by atoms with van der Waals surface area (Å²) < 4.78 is 5.34. The first-order valence-electron chi connectivity index (χ1n) is 6.27. The second kappa shape index (κ2) is 11.7. The molecule has 2 nitrogen and oxygen atoms in total. The minimum Gasteiger partial charge on any atom is -0.382 e. The van der Waals surface area contributed by atoms with Gasteiger partial charge in [-0.2, -0.15) is 0 Å². The Bertz CT molecular complexity index is 136. The predicted molar refractivity (Wildman–Crippen MR) is 67.2 cm³/mol. The molecule has 0 aliphatic heterocycles. The molecule has 0 bridgehead atoms. The van der Waals surface area contributed by atoms with Crippen molar-refractivity contribution in [1.29, 1.82) is 0 Å². The van der Waals surface area contributed by atoms with Crippen LogP contribution in [-0.4, -0.2) is 25.8 Å². The number of rotatable bonds is 11. The van der Waals surface area contributed by atoms with E-state index in [1.54, 1.807) is 0 Å². The van der Waals surface area contributed by atoms with Gasteiger partial charge in [-0.25, -0.2) is 0 Å². The molecule has 1 unspecified atom stereocenters. The van der Waals surface area contributed by atoms with Crippen LogP contribution in [0.2, 0.25) is 0 Å². The zero-order valence-corrected chi connectivity index (χ0v) is 10.4. The average molecular weight is 213 g/mol. The molecule has 0 saturated heterocycles. The van der Waals surface area contributed by atoms with Gasteiger partial charge in [0.1, 0.15) is 0 Å². The SMILES string of the molecule is C=CCCC(CCCOCC)NCCC. The van der Waals surface area contributed by atoms with E-state index in [4.69, 9.17) is 4.74 Å². The van der Waals surface area contributed by atoms with E-state index in [0.29, 0.717) is 6.04 Å². The first-order chi connectivity index (χ1) is 7.35. The summed E-state index contributed by atoms with van der Waals surface area (Å²) in [6.07, 6.45) is 7.89. The molecule has 15 heavy (non-hydrogen) atoms. The summed E-state index contributed by atoms with van der Waals surface area (Å²) in [5, 5.41) is 3.58. The van der Waals surface area contributed by atoms with Gasteiger partial charge in [-0.05, 0) is 45.6 Å². The Morgan fingerprint density at radius 2 is 2.13 bits per heavy atom. The van der Waals surface area contributed by atoms with Gasteiger partial charge in [-0.1, -0.05) is 13.0 Å². The predicted octanol–water partition coefficient (Wildman–Crippen LogP) is 3.14. The summed E-state index contributed by atoms with van der Waals surface area (Å²) in [4.78, 5) is 0. The Morgan fingerprint density at radius 1 is 1.33 bits per heavy atom. The summed E-state index contributed by atoms with van der Waals surface area (Å²) in [5.41, 5.74) is 0. The minimum absolute atomic E-state index is 0.642. The van der Waals surface area contributed by atoms with Gasteiger partial charge in [0, 0.05) is 19.3 Å². The van der Waals surface area contributed by atoms with Crippen LogP contribution in [0.25, 0.3) is 0 Å². The van der Waals surface area contributed by atoms with E-state index in [9.17, 15) is 0 Å². The highest BCUT2D eigenvalue weighted by Crippen LogP contribution is 2.06. The molecule has 1 atom stereocenters. The van der Waals surface area contributed by atoms with Gasteiger partial charge in [0.15, 0.2) is 0 Å². The van der Waals surface area contributed by atoms with Gasteiger partial charge in [-0.15, -0.1) is 6.58 Å². The van der Waals surface area contributed by atoms with Crippen molar-refractivity contribution in [3.8, 4) is 0 Å². The van der Waals surface area contributed by atoms with E-state index < -0.39 is 0 Å². The van der Waals surface area contributed by atoms with Crippen molar-refractivity contribution >= 4 is 0 Å². The highest BCUT2D eigenvalue weighted by Gasteiger charge is 2.05. The number of ether oxygens (including phenoxy) is 1. The number of hydrogen-bond donors (Lipinski definition) is 1. The molecule has 1 N–H and O–H groups in total. The number of allylic oxidation sites excluding steroid dienone is 1. The van der Waals surface area contributed by atoms with Gasteiger partial charge >= 0.3 is 0 Å². The van der Waals surface area contributed by atoms with Gasteiger partial charge in [0.05, 0.1) is 0 Å². The molecule has 0 aliphatic carbocycles. The third-order valence-corrected chi connectivity index (χ3v) is 2.45. The molecule has 0 radical (unpaired) electrons. The second-order valence-electron chi connectivity index (χ2n) is 3.86. The first-order valence-corrected chi connectivity index (χ1v) is 6.27. The van der Waals surface area contributed by atoms with E-state index in [1.165, 1.54) is 19.3 Å². The van der Waals surface area contributed by atoms with Crippen LogP contribution < -0.4 is 5.32 Å². The summed E-state index contributed by atoms with van der Waals surface area (Å²) in [6, 6.07) is 0.642. The molecule has 0 fully saturated rings. The molecule has 0 aliphatic rings. The van der Waals surface area contributed by atoms with Crippen LogP contribution in [0.15, 0.2) is 12.7 Å². The molecule has 0 aromatic carbocycles. The van der Waals surface area contributed by atoms with E-state index in [1.807, 2.05) is 13.0 Å². The number of hydrogen-bond acceptors (Lipinski definition) is 2. The van der Waals surface area contributed by atoms with Crippen molar-refractivity contribution in [2.75, 3.05) is 19.8 Å². The summed E-state index contributed by atoms with van der Waals surface area (Å²) in [7, 11) is 0. The topological polar surface area (TPSA) is 21.3 Å². The molecule has 0 spiro atoms. The molecule has 90 valence electrons. The van der Waals surface area contributed by atoms with Crippen LogP contribution in [0.3, 0.4) is 0 Å². The van der Waals surface area contributed by atoms with Gasteiger partial charge in [-0.3, -0.25) is 0 Å². The average Bonchev–Trinajstić information content (AvgIpc) is 2.27. The largest absolute Gasteiger partial charge is 0.382 e. The van der Waals surface area contributed by atoms with Gasteiger partial charge < -0.3 is 10.1 Å². The van der Waals surface area contributed by atoms with E-state index in [2.05, 4.69) is 18.8 Å². The highest BCUT2D eigenvalue weighted by molar-refractivity contribution is 4.73. The molecule has 0 heterocycles. The zero-order valence-electron chi connectivity index (χ0n) is 10.4. The monoisotopic (exact) mass is 213 g/mol. The third-order valence-electron chi connectivity index (χ3n) is 2.45. The molecule has 0 amide bonds. The quantitative estimate of drug-likeness (QED) is 0.420. The van der Waals surface area contributed by atoms with Crippen LogP contribution in [0.5, 0.6) is 0 Å². The molecule has 0 rings (SSSR count). The van der Waals surface area contributed by atoms with Crippen molar-refractivity contribution in [2.45, 2.75) is 52.0 Å². The van der Waals surface area contributed by atoms with Crippen LogP contribution >= 0.6 is 0 Å². The Morgan fingerprint density at radius 3 is 2.73 bits per heavy atom. The fourth-order valence-corrected chi connectivity index (χ4v) is 1.59. The molecule has 0 aromatic heterocycles.